The Morgan fingerprint density at radius 3 is 2.84 bits per heavy atom. The summed E-state index contributed by atoms with van der Waals surface area (Å²) < 4.78 is 48.2. The Morgan fingerprint density at radius 1 is 1.44 bits per heavy atom. The van der Waals surface area contributed by atoms with Gasteiger partial charge in [0.05, 0.1) is 15.9 Å². The molecule has 0 aliphatic carbocycles. The van der Waals surface area contributed by atoms with Crippen LogP contribution in [0.25, 0.3) is 10.6 Å². The van der Waals surface area contributed by atoms with Gasteiger partial charge in [0.15, 0.2) is 0 Å². The van der Waals surface area contributed by atoms with Crippen LogP contribution in [0.1, 0.15) is 33.8 Å². The summed E-state index contributed by atoms with van der Waals surface area (Å²) in [7, 11) is 1.62. The van der Waals surface area contributed by atoms with Gasteiger partial charge in [0.2, 0.25) is 5.76 Å². The molecule has 2 aromatic rings. The third-order valence-electron chi connectivity index (χ3n) is 4.23. The van der Waals surface area contributed by atoms with Crippen molar-refractivity contribution >= 4 is 17.2 Å². The van der Waals surface area contributed by atoms with Crippen molar-refractivity contribution in [3.63, 3.8) is 0 Å². The van der Waals surface area contributed by atoms with Gasteiger partial charge in [0.1, 0.15) is 5.69 Å². The predicted molar refractivity (Wildman–Crippen MR) is 85.5 cm³/mol. The molecule has 0 spiro atoms. The van der Waals surface area contributed by atoms with Gasteiger partial charge in [-0.25, -0.2) is 0 Å². The molecule has 3 rings (SSSR count). The molecule has 0 radical (unpaired) electrons. The molecular weight excluding hydrogens is 357 g/mol. The average Bonchev–Trinajstić information content (AvgIpc) is 3.20. The second-order valence-corrected chi connectivity index (χ2v) is 6.98. The first-order valence-electron chi connectivity index (χ1n) is 7.77. The number of rotatable bonds is 3. The molecule has 1 aliphatic rings. The van der Waals surface area contributed by atoms with E-state index in [0.717, 1.165) is 24.2 Å². The van der Waals surface area contributed by atoms with E-state index in [9.17, 15) is 18.0 Å². The van der Waals surface area contributed by atoms with Gasteiger partial charge in [0.25, 0.3) is 5.91 Å². The molecule has 9 heteroatoms. The zero-order valence-electron chi connectivity index (χ0n) is 13.7. The lowest BCUT2D eigenvalue weighted by Crippen LogP contribution is -2.42. The Balaban J connectivity index is 1.81. The lowest BCUT2D eigenvalue weighted by molar-refractivity contribution is -0.156. The second kappa shape index (κ2) is 6.80. The van der Waals surface area contributed by atoms with Crippen LogP contribution in [0.4, 0.5) is 13.2 Å². The fourth-order valence-electron chi connectivity index (χ4n) is 2.88. The van der Waals surface area contributed by atoms with Gasteiger partial charge in [-0.3, -0.25) is 4.79 Å². The fourth-order valence-corrected chi connectivity index (χ4v) is 3.89. The minimum Gasteiger partial charge on any atom is -0.380 e. The number of piperidine rings is 1. The highest BCUT2D eigenvalue weighted by Crippen LogP contribution is 2.38. The summed E-state index contributed by atoms with van der Waals surface area (Å²) in [6.07, 6.45) is -2.80. The number of methoxy groups -OCH3 is 1. The zero-order chi connectivity index (χ0) is 18.2. The fraction of sp³-hybridized carbons (Fsp3) is 0.500. The van der Waals surface area contributed by atoms with Crippen molar-refractivity contribution in [3.8, 4) is 10.6 Å². The van der Waals surface area contributed by atoms with Crippen molar-refractivity contribution in [2.24, 2.45) is 0 Å². The van der Waals surface area contributed by atoms with Crippen LogP contribution in [0, 0.1) is 6.92 Å². The standard InChI is InChI=1S/C16H17F3N2O3S/c1-9-13(20-24-14(9)16(17,18)19)11-5-6-12(25-11)15(22)21-7-3-4-10(8-21)23-2/h5-6,10H,3-4,7-8H2,1-2H3/t10-/m1/s1. The molecule has 136 valence electrons. The van der Waals surface area contributed by atoms with E-state index in [1.807, 2.05) is 0 Å². The van der Waals surface area contributed by atoms with Crippen molar-refractivity contribution in [3.05, 3.63) is 28.3 Å². The van der Waals surface area contributed by atoms with Crippen molar-refractivity contribution < 1.29 is 27.2 Å². The summed E-state index contributed by atoms with van der Waals surface area (Å²) >= 11 is 1.11. The molecule has 0 aromatic carbocycles. The van der Waals surface area contributed by atoms with E-state index < -0.39 is 11.9 Å². The monoisotopic (exact) mass is 374 g/mol. The molecule has 1 saturated heterocycles. The molecule has 1 amide bonds. The van der Waals surface area contributed by atoms with Crippen LogP contribution >= 0.6 is 11.3 Å². The summed E-state index contributed by atoms with van der Waals surface area (Å²) in [4.78, 5) is 15.3. The van der Waals surface area contributed by atoms with Gasteiger partial charge in [-0.05, 0) is 31.9 Å². The van der Waals surface area contributed by atoms with E-state index in [0.29, 0.717) is 22.8 Å². The Morgan fingerprint density at radius 2 is 2.20 bits per heavy atom. The molecule has 0 N–H and O–H groups in total. The number of nitrogens with zero attached hydrogens (tertiary/aromatic N) is 2. The largest absolute Gasteiger partial charge is 0.452 e. The summed E-state index contributed by atoms with van der Waals surface area (Å²) in [5, 5.41) is 3.53. The minimum atomic E-state index is -4.59. The number of likely N-dealkylation sites (tertiary alicyclic amines) is 1. The van der Waals surface area contributed by atoms with Crippen LogP contribution in [-0.2, 0) is 10.9 Å². The Hall–Kier alpha value is -1.87. The van der Waals surface area contributed by atoms with Crippen LogP contribution in [0.5, 0.6) is 0 Å². The van der Waals surface area contributed by atoms with E-state index in [2.05, 4.69) is 9.68 Å². The van der Waals surface area contributed by atoms with Gasteiger partial charge in [-0.15, -0.1) is 11.3 Å². The third-order valence-corrected chi connectivity index (χ3v) is 5.31. The van der Waals surface area contributed by atoms with E-state index in [1.165, 1.54) is 6.92 Å². The maximum Gasteiger partial charge on any atom is 0.452 e. The number of ether oxygens (including phenoxy) is 1. The number of hydrogen-bond donors (Lipinski definition) is 0. The molecule has 5 nitrogen and oxygen atoms in total. The predicted octanol–water partition coefficient (Wildman–Crippen LogP) is 3.98. The molecule has 25 heavy (non-hydrogen) atoms. The topological polar surface area (TPSA) is 55.6 Å². The Labute approximate surface area is 146 Å². The van der Waals surface area contributed by atoms with Gasteiger partial charge < -0.3 is 14.2 Å². The highest BCUT2D eigenvalue weighted by atomic mass is 32.1. The molecule has 0 saturated carbocycles. The Kier molecular flexibility index (Phi) is 4.88. The van der Waals surface area contributed by atoms with Crippen molar-refractivity contribution in [1.82, 2.24) is 10.1 Å². The number of hydrogen-bond acceptors (Lipinski definition) is 5. The number of aromatic nitrogens is 1. The molecule has 1 atom stereocenters. The average molecular weight is 374 g/mol. The maximum absolute atomic E-state index is 12.8. The number of halogens is 3. The lowest BCUT2D eigenvalue weighted by atomic mass is 10.1. The Bertz CT molecular complexity index is 769. The zero-order valence-corrected chi connectivity index (χ0v) is 14.5. The van der Waals surface area contributed by atoms with E-state index in [-0.39, 0.29) is 23.3 Å². The van der Waals surface area contributed by atoms with Gasteiger partial charge in [0, 0.05) is 25.8 Å². The van der Waals surface area contributed by atoms with Gasteiger partial charge in [-0.2, -0.15) is 13.2 Å². The number of carbonyl (C=O) groups is 1. The van der Waals surface area contributed by atoms with E-state index in [1.54, 1.807) is 24.1 Å². The van der Waals surface area contributed by atoms with Crippen LogP contribution < -0.4 is 0 Å². The molecule has 0 bridgehead atoms. The smallest absolute Gasteiger partial charge is 0.380 e. The first-order valence-corrected chi connectivity index (χ1v) is 8.58. The second-order valence-electron chi connectivity index (χ2n) is 5.90. The number of carbonyl (C=O) groups excluding carboxylic acids is 1. The first-order chi connectivity index (χ1) is 11.8. The number of thiophene rings is 1. The normalized spacial score (nSPS) is 18.6. The molecule has 1 aliphatic heterocycles. The lowest BCUT2D eigenvalue weighted by Gasteiger charge is -2.31. The molecular formula is C16H17F3N2O3S. The molecule has 0 unspecified atom stereocenters. The van der Waals surface area contributed by atoms with Crippen LogP contribution in [0.15, 0.2) is 16.7 Å². The van der Waals surface area contributed by atoms with Crippen molar-refractivity contribution in [2.45, 2.75) is 32.0 Å². The summed E-state index contributed by atoms with van der Waals surface area (Å²) in [5.41, 5.74) is 0.0376. The SMILES string of the molecule is CO[C@@H]1CCCN(C(=O)c2ccc(-c3noc(C(F)(F)F)c3C)s2)C1. The molecule has 2 aromatic heterocycles. The maximum atomic E-state index is 12.8. The highest BCUT2D eigenvalue weighted by molar-refractivity contribution is 7.17. The summed E-state index contributed by atoms with van der Waals surface area (Å²) in [6, 6.07) is 3.21. The van der Waals surface area contributed by atoms with Crippen LogP contribution in [0.3, 0.4) is 0 Å². The van der Waals surface area contributed by atoms with Crippen molar-refractivity contribution in [1.29, 1.82) is 0 Å². The molecule has 1 fully saturated rings. The van der Waals surface area contributed by atoms with E-state index >= 15 is 0 Å². The van der Waals surface area contributed by atoms with Crippen molar-refractivity contribution in [2.75, 3.05) is 20.2 Å². The van der Waals surface area contributed by atoms with Gasteiger partial charge in [-0.1, -0.05) is 5.16 Å². The van der Waals surface area contributed by atoms with Crippen LogP contribution in [-0.4, -0.2) is 42.3 Å². The first kappa shape index (κ1) is 17.9. The number of alkyl halides is 3. The summed E-state index contributed by atoms with van der Waals surface area (Å²) in [5.74, 6) is -1.25. The van der Waals surface area contributed by atoms with Gasteiger partial charge >= 0.3 is 6.18 Å². The molecule has 3 heterocycles. The van der Waals surface area contributed by atoms with Crippen LogP contribution in [0.2, 0.25) is 0 Å². The van der Waals surface area contributed by atoms with E-state index in [4.69, 9.17) is 4.74 Å². The minimum absolute atomic E-state index is 0.0178. The number of amides is 1. The quantitative estimate of drug-likeness (QED) is 0.815. The summed E-state index contributed by atoms with van der Waals surface area (Å²) in [6.45, 7) is 2.47. The third kappa shape index (κ3) is 3.57. The highest BCUT2D eigenvalue weighted by Gasteiger charge is 2.39.